The molecule has 6 rings (SSSR count). The molecule has 4 atom stereocenters. The average Bonchev–Trinajstić information content (AvgIpc) is 3.72. The number of hydrogen-bond donors (Lipinski definition) is 2. The lowest BCUT2D eigenvalue weighted by Crippen LogP contribution is -2.74. The third-order valence-corrected chi connectivity index (χ3v) is 10.2. The molecule has 2 saturated carbocycles. The Kier molecular flexibility index (Phi) is 6.50. The molecular weight excluding hydrogens is 505 g/mol. The molecular formula is C31H37F3N2O3. The van der Waals surface area contributed by atoms with Crippen molar-refractivity contribution in [1.29, 1.82) is 0 Å². The van der Waals surface area contributed by atoms with Crippen molar-refractivity contribution < 1.29 is 28.2 Å². The van der Waals surface area contributed by atoms with Crippen molar-refractivity contribution in [3.63, 3.8) is 0 Å². The Hall–Kier alpha value is -2.58. The van der Waals surface area contributed by atoms with Crippen molar-refractivity contribution in [3.8, 4) is 5.75 Å². The minimum atomic E-state index is -4.38. The van der Waals surface area contributed by atoms with Crippen molar-refractivity contribution in [2.24, 2.45) is 5.92 Å². The number of nitrogens with zero attached hydrogens (tertiary/aromatic N) is 2. The summed E-state index contributed by atoms with van der Waals surface area (Å²) in [6, 6.07) is 10.6. The second kappa shape index (κ2) is 9.51. The molecule has 0 aromatic heterocycles. The summed E-state index contributed by atoms with van der Waals surface area (Å²) in [5.41, 5.74) is 0.770. The van der Waals surface area contributed by atoms with Gasteiger partial charge in [0.2, 0.25) is 5.91 Å². The van der Waals surface area contributed by atoms with Crippen LogP contribution in [0.4, 0.5) is 13.2 Å². The van der Waals surface area contributed by atoms with Gasteiger partial charge in [0.1, 0.15) is 5.75 Å². The number of aromatic hydroxyl groups is 1. The van der Waals surface area contributed by atoms with Crippen LogP contribution in [0, 0.1) is 5.92 Å². The molecule has 1 unspecified atom stereocenters. The number of alkyl halides is 3. The minimum absolute atomic E-state index is 0.0329. The number of amides is 1. The van der Waals surface area contributed by atoms with Crippen LogP contribution in [0.1, 0.15) is 67.2 Å². The summed E-state index contributed by atoms with van der Waals surface area (Å²) >= 11 is 0. The maximum atomic E-state index is 13.3. The van der Waals surface area contributed by atoms with Gasteiger partial charge < -0.3 is 15.1 Å². The summed E-state index contributed by atoms with van der Waals surface area (Å²) in [7, 11) is 1.81. The van der Waals surface area contributed by atoms with Crippen molar-refractivity contribution in [1.82, 2.24) is 9.80 Å². The maximum Gasteiger partial charge on any atom is 0.416 e. The fourth-order valence-corrected chi connectivity index (χ4v) is 7.75. The summed E-state index contributed by atoms with van der Waals surface area (Å²) in [6.07, 6.45) is 2.22. The van der Waals surface area contributed by atoms with E-state index in [0.717, 1.165) is 49.5 Å². The van der Waals surface area contributed by atoms with E-state index in [4.69, 9.17) is 0 Å². The standard InChI is InChI=1S/C31H37F3N2O3/c1-35(28(38)11-6-20-4-8-23(9-5-20)31(32,33)34)24-12-13-30(39)27-16-22-7-10-25(37)17-26(22)29(30,18-24)14-15-36(27)19-21-2-3-21/h4-5,7-10,17,21,24,27,37,39H,2-3,6,11-16,18-19H2,1H3/t24?,27-,29-,30-/m1/s1. The number of aliphatic hydroxyl groups is 1. The first kappa shape index (κ1) is 26.6. The van der Waals surface area contributed by atoms with Gasteiger partial charge in [-0.2, -0.15) is 13.2 Å². The number of piperidine rings is 1. The van der Waals surface area contributed by atoms with Crippen LogP contribution in [0.3, 0.4) is 0 Å². The minimum Gasteiger partial charge on any atom is -0.508 e. The lowest BCUT2D eigenvalue weighted by molar-refractivity contribution is -0.178. The Balaban J connectivity index is 1.21. The zero-order valence-electron chi connectivity index (χ0n) is 22.4. The van der Waals surface area contributed by atoms with Gasteiger partial charge >= 0.3 is 6.18 Å². The summed E-state index contributed by atoms with van der Waals surface area (Å²) < 4.78 is 38.6. The van der Waals surface area contributed by atoms with Crippen LogP contribution >= 0.6 is 0 Å². The highest BCUT2D eigenvalue weighted by molar-refractivity contribution is 5.76. The van der Waals surface area contributed by atoms with E-state index in [9.17, 15) is 28.2 Å². The lowest BCUT2D eigenvalue weighted by atomic mass is 9.48. The van der Waals surface area contributed by atoms with Crippen LogP contribution in [-0.4, -0.2) is 63.7 Å². The number of rotatable bonds is 6. The second-order valence-corrected chi connectivity index (χ2v) is 12.4. The topological polar surface area (TPSA) is 64.0 Å². The summed E-state index contributed by atoms with van der Waals surface area (Å²) in [5, 5.41) is 22.9. The number of phenols is 1. The highest BCUT2D eigenvalue weighted by Gasteiger charge is 2.65. The molecule has 5 nitrogen and oxygen atoms in total. The Morgan fingerprint density at radius 2 is 1.85 bits per heavy atom. The predicted octanol–water partition coefficient (Wildman–Crippen LogP) is 5.06. The monoisotopic (exact) mass is 542 g/mol. The molecule has 2 N–H and O–H groups in total. The van der Waals surface area contributed by atoms with Gasteiger partial charge in [0.05, 0.1) is 11.2 Å². The summed E-state index contributed by atoms with van der Waals surface area (Å²) in [6.45, 7) is 1.93. The molecule has 3 fully saturated rings. The van der Waals surface area contributed by atoms with Gasteiger partial charge in [-0.25, -0.2) is 0 Å². The molecule has 1 aliphatic heterocycles. The first-order valence-corrected chi connectivity index (χ1v) is 14.2. The molecule has 0 spiro atoms. The quantitative estimate of drug-likeness (QED) is 0.536. The molecule has 2 aromatic carbocycles. The Labute approximate surface area is 227 Å². The fourth-order valence-electron chi connectivity index (χ4n) is 7.75. The Morgan fingerprint density at radius 1 is 1.10 bits per heavy atom. The van der Waals surface area contributed by atoms with Crippen LogP contribution in [-0.2, 0) is 29.2 Å². The smallest absolute Gasteiger partial charge is 0.416 e. The van der Waals surface area contributed by atoms with Crippen LogP contribution < -0.4 is 0 Å². The van der Waals surface area contributed by atoms with E-state index in [1.54, 1.807) is 11.0 Å². The molecule has 2 bridgehead atoms. The summed E-state index contributed by atoms with van der Waals surface area (Å²) in [4.78, 5) is 17.6. The first-order chi connectivity index (χ1) is 18.5. The van der Waals surface area contributed by atoms with E-state index in [1.807, 2.05) is 19.2 Å². The molecule has 1 heterocycles. The van der Waals surface area contributed by atoms with Crippen LogP contribution in [0.25, 0.3) is 0 Å². The van der Waals surface area contributed by atoms with E-state index >= 15 is 0 Å². The number of hydrogen-bond acceptors (Lipinski definition) is 4. The van der Waals surface area contributed by atoms with Gasteiger partial charge in [-0.3, -0.25) is 9.69 Å². The highest BCUT2D eigenvalue weighted by Crippen LogP contribution is 2.59. The van der Waals surface area contributed by atoms with Gasteiger partial charge in [0, 0.05) is 37.5 Å². The van der Waals surface area contributed by atoms with E-state index in [1.165, 1.54) is 30.5 Å². The van der Waals surface area contributed by atoms with Crippen molar-refractivity contribution in [3.05, 3.63) is 64.7 Å². The number of carbonyl (C=O) groups is 1. The third-order valence-electron chi connectivity index (χ3n) is 10.2. The fraction of sp³-hybridized carbons (Fsp3) is 0.581. The van der Waals surface area contributed by atoms with Gasteiger partial charge in [-0.05, 0) is 105 Å². The van der Waals surface area contributed by atoms with Crippen LogP contribution in [0.5, 0.6) is 5.75 Å². The first-order valence-electron chi connectivity index (χ1n) is 14.2. The number of fused-ring (bicyclic) bond motifs is 1. The normalized spacial score (nSPS) is 30.4. The Morgan fingerprint density at radius 3 is 2.54 bits per heavy atom. The lowest BCUT2D eigenvalue weighted by Gasteiger charge is -2.65. The maximum absolute atomic E-state index is 13.3. The van der Waals surface area contributed by atoms with Gasteiger partial charge in [0.15, 0.2) is 0 Å². The molecule has 1 saturated heterocycles. The number of likely N-dealkylation sites (tertiary alicyclic amines) is 1. The number of phenolic OH excluding ortho intramolecular Hbond substituents is 1. The van der Waals surface area contributed by atoms with Crippen molar-refractivity contribution in [2.45, 2.75) is 87.1 Å². The van der Waals surface area contributed by atoms with Crippen LogP contribution in [0.15, 0.2) is 42.5 Å². The van der Waals surface area contributed by atoms with E-state index in [0.29, 0.717) is 31.2 Å². The third kappa shape index (κ3) is 4.63. The molecule has 0 radical (unpaired) electrons. The molecule has 3 aliphatic carbocycles. The molecule has 4 aliphatic rings. The average molecular weight is 543 g/mol. The molecule has 39 heavy (non-hydrogen) atoms. The highest BCUT2D eigenvalue weighted by atomic mass is 19.4. The number of carbonyl (C=O) groups excluding carboxylic acids is 1. The number of aryl methyl sites for hydroxylation is 1. The molecule has 1 amide bonds. The van der Waals surface area contributed by atoms with Gasteiger partial charge in [-0.1, -0.05) is 18.2 Å². The zero-order chi connectivity index (χ0) is 27.6. The molecule has 210 valence electrons. The molecule has 2 aromatic rings. The van der Waals surface area contributed by atoms with E-state index in [-0.39, 0.29) is 30.2 Å². The Bertz CT molecular complexity index is 1240. The van der Waals surface area contributed by atoms with Crippen molar-refractivity contribution >= 4 is 5.91 Å². The van der Waals surface area contributed by atoms with Crippen LogP contribution in [0.2, 0.25) is 0 Å². The predicted molar refractivity (Wildman–Crippen MR) is 141 cm³/mol. The summed E-state index contributed by atoms with van der Waals surface area (Å²) in [5.74, 6) is 0.885. The number of benzene rings is 2. The van der Waals surface area contributed by atoms with Gasteiger partial charge in [-0.15, -0.1) is 0 Å². The SMILES string of the molecule is CN(C(=O)CCc1ccc(C(F)(F)F)cc1)C1CC[C@@]2(O)[C@H]3Cc4ccc(O)cc4[C@@]2(CCN3CC2CC2)C1. The zero-order valence-corrected chi connectivity index (χ0v) is 22.4. The van der Waals surface area contributed by atoms with Crippen molar-refractivity contribution in [2.75, 3.05) is 20.1 Å². The molecule has 8 heteroatoms. The largest absolute Gasteiger partial charge is 0.508 e. The van der Waals surface area contributed by atoms with E-state index in [2.05, 4.69) is 4.90 Å². The van der Waals surface area contributed by atoms with Gasteiger partial charge in [0.25, 0.3) is 0 Å². The van der Waals surface area contributed by atoms with E-state index < -0.39 is 22.8 Å². The second-order valence-electron chi connectivity index (χ2n) is 12.4. The number of halogens is 3.